The highest BCUT2D eigenvalue weighted by Crippen LogP contribution is 2.34. The Labute approximate surface area is 170 Å². The van der Waals surface area contributed by atoms with Crippen molar-refractivity contribution in [3.05, 3.63) is 29.6 Å². The summed E-state index contributed by atoms with van der Waals surface area (Å²) in [6.45, 7) is 1.60. The summed E-state index contributed by atoms with van der Waals surface area (Å²) in [5.74, 6) is -1.33. The van der Waals surface area contributed by atoms with Crippen molar-refractivity contribution in [1.29, 1.82) is 0 Å². The summed E-state index contributed by atoms with van der Waals surface area (Å²) in [5, 5.41) is 0. The fourth-order valence-electron chi connectivity index (χ4n) is 4.30. The van der Waals surface area contributed by atoms with E-state index in [4.69, 9.17) is 9.47 Å². The zero-order chi connectivity index (χ0) is 21.5. The molecule has 0 N–H and O–H groups in total. The molecular weight excluding hydrogens is 408 g/mol. The van der Waals surface area contributed by atoms with Crippen LogP contribution in [0.3, 0.4) is 0 Å². The zero-order valence-corrected chi connectivity index (χ0v) is 16.2. The molecule has 6 nitrogen and oxygen atoms in total. The summed E-state index contributed by atoms with van der Waals surface area (Å²) in [4.78, 5) is 27.7. The van der Waals surface area contributed by atoms with Crippen molar-refractivity contribution in [2.45, 2.75) is 37.6 Å². The maximum Gasteiger partial charge on any atom is 0.416 e. The minimum absolute atomic E-state index is 0.00899. The van der Waals surface area contributed by atoms with Gasteiger partial charge in [0.15, 0.2) is 17.3 Å². The van der Waals surface area contributed by atoms with Gasteiger partial charge in [-0.15, -0.1) is 0 Å². The molecule has 0 unspecified atom stereocenters. The van der Waals surface area contributed by atoms with Crippen LogP contribution in [-0.4, -0.2) is 66.6 Å². The van der Waals surface area contributed by atoms with Gasteiger partial charge in [-0.25, -0.2) is 9.18 Å². The molecule has 164 valence electrons. The predicted molar refractivity (Wildman–Crippen MR) is 96.4 cm³/mol. The van der Waals surface area contributed by atoms with Gasteiger partial charge in [-0.1, -0.05) is 0 Å². The average molecular weight is 430 g/mol. The van der Waals surface area contributed by atoms with Gasteiger partial charge in [-0.3, -0.25) is 4.79 Å². The second-order valence-corrected chi connectivity index (χ2v) is 7.99. The van der Waals surface area contributed by atoms with E-state index in [1.165, 1.54) is 0 Å². The van der Waals surface area contributed by atoms with Crippen LogP contribution in [0.1, 0.15) is 24.8 Å². The molecule has 3 aliphatic heterocycles. The van der Waals surface area contributed by atoms with E-state index in [2.05, 4.69) is 0 Å². The number of rotatable bonds is 2. The van der Waals surface area contributed by atoms with Crippen molar-refractivity contribution in [2.75, 3.05) is 32.8 Å². The highest BCUT2D eigenvalue weighted by atomic mass is 19.4. The fourth-order valence-corrected chi connectivity index (χ4v) is 4.30. The van der Waals surface area contributed by atoms with Crippen molar-refractivity contribution >= 4 is 11.8 Å². The van der Waals surface area contributed by atoms with E-state index in [-0.39, 0.29) is 37.0 Å². The zero-order valence-electron chi connectivity index (χ0n) is 16.2. The lowest BCUT2D eigenvalue weighted by Crippen LogP contribution is -2.53. The summed E-state index contributed by atoms with van der Waals surface area (Å²) >= 11 is 0. The van der Waals surface area contributed by atoms with E-state index in [1.54, 1.807) is 9.80 Å². The minimum Gasteiger partial charge on any atom is -0.485 e. The van der Waals surface area contributed by atoms with Gasteiger partial charge >= 0.3 is 12.2 Å². The van der Waals surface area contributed by atoms with Gasteiger partial charge in [0.25, 0.3) is 0 Å². The Balaban J connectivity index is 1.36. The van der Waals surface area contributed by atoms with E-state index < -0.39 is 29.4 Å². The number of ketones is 1. The molecule has 0 bridgehead atoms. The van der Waals surface area contributed by atoms with Gasteiger partial charge in [0.2, 0.25) is 0 Å². The maximum atomic E-state index is 13.9. The van der Waals surface area contributed by atoms with Crippen LogP contribution in [0.25, 0.3) is 0 Å². The van der Waals surface area contributed by atoms with Crippen LogP contribution >= 0.6 is 0 Å². The number of piperidine rings is 1. The molecule has 4 rings (SSSR count). The topological polar surface area (TPSA) is 59.1 Å². The van der Waals surface area contributed by atoms with E-state index in [9.17, 15) is 27.2 Å². The van der Waals surface area contributed by atoms with Crippen LogP contribution in [0, 0.1) is 11.7 Å². The van der Waals surface area contributed by atoms with E-state index >= 15 is 0 Å². The molecule has 1 aromatic rings. The Kier molecular flexibility index (Phi) is 5.61. The van der Waals surface area contributed by atoms with Crippen LogP contribution in [0.15, 0.2) is 18.2 Å². The highest BCUT2D eigenvalue weighted by Gasteiger charge is 2.39. The van der Waals surface area contributed by atoms with E-state index in [1.807, 2.05) is 0 Å². The Hall–Kier alpha value is -2.36. The molecule has 1 aromatic carbocycles. The van der Waals surface area contributed by atoms with Crippen molar-refractivity contribution < 1.29 is 36.6 Å². The molecule has 3 heterocycles. The van der Waals surface area contributed by atoms with Crippen molar-refractivity contribution in [2.24, 2.45) is 5.92 Å². The largest absolute Gasteiger partial charge is 0.485 e. The maximum absolute atomic E-state index is 13.9. The lowest BCUT2D eigenvalue weighted by Gasteiger charge is -2.41. The Morgan fingerprint density at radius 2 is 1.87 bits per heavy atom. The van der Waals surface area contributed by atoms with Crippen LogP contribution in [-0.2, 0) is 15.7 Å². The number of ether oxygens (including phenoxy) is 2. The number of hydrogen-bond donors (Lipinski definition) is 0. The highest BCUT2D eigenvalue weighted by molar-refractivity contribution is 5.81. The lowest BCUT2D eigenvalue weighted by atomic mass is 9.88. The van der Waals surface area contributed by atoms with E-state index in [0.717, 1.165) is 6.07 Å². The van der Waals surface area contributed by atoms with Gasteiger partial charge in [-0.05, 0) is 24.6 Å². The first-order valence-electron chi connectivity index (χ1n) is 9.91. The number of likely N-dealkylation sites (tertiary alicyclic amines) is 2. The molecule has 30 heavy (non-hydrogen) atoms. The van der Waals surface area contributed by atoms with Gasteiger partial charge in [0, 0.05) is 38.4 Å². The number of carbonyl (C=O) groups is 2. The quantitative estimate of drug-likeness (QED) is 0.677. The Morgan fingerprint density at radius 3 is 2.63 bits per heavy atom. The fraction of sp³-hybridized carbons (Fsp3) is 0.600. The molecule has 3 fully saturated rings. The third-order valence-corrected chi connectivity index (χ3v) is 5.85. The van der Waals surface area contributed by atoms with Gasteiger partial charge < -0.3 is 19.3 Å². The summed E-state index contributed by atoms with van der Waals surface area (Å²) in [5.41, 5.74) is -0.989. The SMILES string of the molecule is O=C1CO[C@H]2CCN(C(=O)N3CC[C@@H](Oc4cc(C(F)(F)F)ccc4F)C3)C[C@H]2C1. The minimum atomic E-state index is -4.60. The number of alkyl halides is 3. The first-order valence-corrected chi connectivity index (χ1v) is 9.91. The molecule has 0 spiro atoms. The number of benzene rings is 1. The molecule has 2 amide bonds. The Bertz CT molecular complexity index is 832. The number of carbonyl (C=O) groups excluding carboxylic acids is 2. The van der Waals surface area contributed by atoms with Crippen molar-refractivity contribution in [1.82, 2.24) is 9.80 Å². The summed E-state index contributed by atoms with van der Waals surface area (Å²) in [6.07, 6.45) is -3.75. The normalized spacial score (nSPS) is 27.2. The first-order chi connectivity index (χ1) is 14.2. The number of amides is 2. The standard InChI is InChI=1S/C20H22F4N2O4/c21-16-2-1-13(20(22,23)24)8-18(16)30-15-3-5-26(10-15)19(28)25-6-4-17-12(9-25)7-14(27)11-29-17/h1-2,8,12,15,17H,3-7,9-11H2/t12-,15-,17+/m1/s1. The summed E-state index contributed by atoms with van der Waals surface area (Å²) in [6, 6.07) is 1.83. The molecule has 3 aliphatic rings. The van der Waals surface area contributed by atoms with Crippen LogP contribution in [0.2, 0.25) is 0 Å². The van der Waals surface area contributed by atoms with Crippen LogP contribution < -0.4 is 4.74 Å². The van der Waals surface area contributed by atoms with Gasteiger partial charge in [-0.2, -0.15) is 13.2 Å². The molecule has 10 heteroatoms. The molecule has 0 saturated carbocycles. The Morgan fingerprint density at radius 1 is 1.13 bits per heavy atom. The molecule has 0 aliphatic carbocycles. The second kappa shape index (κ2) is 8.05. The third kappa shape index (κ3) is 4.38. The molecule has 0 radical (unpaired) electrons. The number of urea groups is 1. The van der Waals surface area contributed by atoms with Crippen molar-refractivity contribution in [3.8, 4) is 5.75 Å². The molecular formula is C20H22F4N2O4. The number of Topliss-reactive ketones (excluding diaryl/α,β-unsaturated/α-hetero) is 1. The van der Waals surface area contributed by atoms with Crippen LogP contribution in [0.4, 0.5) is 22.4 Å². The second-order valence-electron chi connectivity index (χ2n) is 7.99. The number of fused-ring (bicyclic) bond motifs is 1. The average Bonchev–Trinajstić information content (AvgIpc) is 3.16. The predicted octanol–water partition coefficient (Wildman–Crippen LogP) is 3.10. The number of halogens is 4. The third-order valence-electron chi connectivity index (χ3n) is 5.85. The smallest absolute Gasteiger partial charge is 0.416 e. The molecule has 3 atom stereocenters. The first kappa shape index (κ1) is 20.9. The van der Waals surface area contributed by atoms with Gasteiger partial charge in [0.1, 0.15) is 12.7 Å². The number of nitrogens with zero attached hydrogens (tertiary/aromatic N) is 2. The van der Waals surface area contributed by atoms with Crippen LogP contribution in [0.5, 0.6) is 5.75 Å². The van der Waals surface area contributed by atoms with E-state index in [0.29, 0.717) is 51.0 Å². The monoisotopic (exact) mass is 430 g/mol. The van der Waals surface area contributed by atoms with Crippen molar-refractivity contribution in [3.63, 3.8) is 0 Å². The molecule has 0 aromatic heterocycles. The molecule has 3 saturated heterocycles. The van der Waals surface area contributed by atoms with Gasteiger partial charge in [0.05, 0.1) is 18.2 Å². The summed E-state index contributed by atoms with van der Waals surface area (Å²) in [7, 11) is 0. The lowest BCUT2D eigenvalue weighted by molar-refractivity contribution is -0.140. The number of hydrogen-bond acceptors (Lipinski definition) is 4. The summed E-state index contributed by atoms with van der Waals surface area (Å²) < 4.78 is 63.5.